The zero-order valence-electron chi connectivity index (χ0n) is 16.0. The number of rotatable bonds is 4. The second-order valence-corrected chi connectivity index (χ2v) is 7.86. The predicted molar refractivity (Wildman–Crippen MR) is 111 cm³/mol. The minimum Gasteiger partial charge on any atom is -0.493 e. The van der Waals surface area contributed by atoms with E-state index in [-0.39, 0.29) is 0 Å². The summed E-state index contributed by atoms with van der Waals surface area (Å²) in [6.45, 7) is 1.68. The molecule has 1 aromatic carbocycles. The van der Waals surface area contributed by atoms with Crippen molar-refractivity contribution >= 4 is 33.1 Å². The van der Waals surface area contributed by atoms with Crippen LogP contribution in [0.4, 0.5) is 5.69 Å². The summed E-state index contributed by atoms with van der Waals surface area (Å²) in [5, 5.41) is 0.778. The molecule has 0 fully saturated rings. The number of benzene rings is 1. The number of fused-ring (bicyclic) bond motifs is 2. The average Bonchev–Trinajstić information content (AvgIpc) is 3.02. The number of nitrogen functional groups attached to an aromatic ring is 1. The Morgan fingerprint density at radius 2 is 2.00 bits per heavy atom. The Morgan fingerprint density at radius 3 is 2.68 bits per heavy atom. The summed E-state index contributed by atoms with van der Waals surface area (Å²) in [7, 11) is 5.30. The summed E-state index contributed by atoms with van der Waals surface area (Å²) in [6.07, 6.45) is 0.839. The van der Waals surface area contributed by atoms with Crippen molar-refractivity contribution in [1.29, 1.82) is 0 Å². The number of amides is 1. The second kappa shape index (κ2) is 6.96. The normalized spacial score (nSPS) is 14.1. The van der Waals surface area contributed by atoms with Crippen molar-refractivity contribution in [2.45, 2.75) is 13.0 Å². The van der Waals surface area contributed by atoms with Crippen molar-refractivity contribution < 1.29 is 14.3 Å². The first-order valence-electron chi connectivity index (χ1n) is 8.89. The maximum atomic E-state index is 11.9. The molecule has 146 valence electrons. The lowest BCUT2D eigenvalue weighted by Crippen LogP contribution is -2.27. The number of pyridine rings is 1. The standard InChI is InChI=1S/C20H22N4O3S/c1-24-7-6-12-11(9-24)15(10-4-5-13(26-2)14(8-10)27-3)16-17(21)18(19(22)25)28-20(16)23-12/h4-5,8H,6-7,9,21H2,1-3H3,(H2,22,25). The third-order valence-electron chi connectivity index (χ3n) is 5.12. The van der Waals surface area contributed by atoms with Gasteiger partial charge in [-0.15, -0.1) is 11.3 Å². The van der Waals surface area contributed by atoms with E-state index in [2.05, 4.69) is 11.9 Å². The lowest BCUT2D eigenvalue weighted by Gasteiger charge is -2.27. The van der Waals surface area contributed by atoms with E-state index < -0.39 is 5.91 Å². The number of methoxy groups -OCH3 is 2. The highest BCUT2D eigenvalue weighted by Crippen LogP contribution is 2.44. The second-order valence-electron chi connectivity index (χ2n) is 6.86. The largest absolute Gasteiger partial charge is 0.493 e. The van der Waals surface area contributed by atoms with Gasteiger partial charge in [0.25, 0.3) is 5.91 Å². The molecule has 0 unspecified atom stereocenters. The van der Waals surface area contributed by atoms with Crippen LogP contribution in [0.5, 0.6) is 11.5 Å². The molecule has 0 atom stereocenters. The van der Waals surface area contributed by atoms with Crippen LogP contribution in [0.25, 0.3) is 21.3 Å². The lowest BCUT2D eigenvalue weighted by molar-refractivity contribution is 0.100. The van der Waals surface area contributed by atoms with Gasteiger partial charge in [0.05, 0.1) is 19.9 Å². The van der Waals surface area contributed by atoms with E-state index >= 15 is 0 Å². The van der Waals surface area contributed by atoms with Crippen molar-refractivity contribution in [3.05, 3.63) is 34.3 Å². The number of likely N-dealkylation sites (N-methyl/N-ethyl adjacent to an activating group) is 1. The van der Waals surface area contributed by atoms with Crippen LogP contribution in [0.3, 0.4) is 0 Å². The molecule has 1 aliphatic heterocycles. The van der Waals surface area contributed by atoms with Crippen LogP contribution in [0.1, 0.15) is 20.9 Å². The maximum Gasteiger partial charge on any atom is 0.260 e. The summed E-state index contributed by atoms with van der Waals surface area (Å²) < 4.78 is 10.9. The molecule has 0 saturated heterocycles. The van der Waals surface area contributed by atoms with Gasteiger partial charge in [-0.05, 0) is 30.3 Å². The highest BCUT2D eigenvalue weighted by Gasteiger charge is 2.26. The van der Waals surface area contributed by atoms with E-state index in [9.17, 15) is 4.79 Å². The first kappa shape index (κ1) is 18.5. The van der Waals surface area contributed by atoms with Crippen LogP contribution < -0.4 is 20.9 Å². The predicted octanol–water partition coefficient (Wildman–Crippen LogP) is 2.65. The molecule has 7 nitrogen and oxygen atoms in total. The number of anilines is 1. The molecule has 0 saturated carbocycles. The molecule has 0 radical (unpaired) electrons. The van der Waals surface area contributed by atoms with E-state index in [1.54, 1.807) is 14.2 Å². The molecule has 2 aromatic heterocycles. The molecule has 3 heterocycles. The van der Waals surface area contributed by atoms with Crippen LogP contribution in [-0.4, -0.2) is 43.6 Å². The SMILES string of the molecule is COc1ccc(-c2c3c(nc4sc(C(N)=O)c(N)c24)CCN(C)C3)cc1OC. The summed E-state index contributed by atoms with van der Waals surface area (Å²) in [4.78, 5) is 20.0. The van der Waals surface area contributed by atoms with Gasteiger partial charge in [-0.3, -0.25) is 4.79 Å². The Bertz CT molecular complexity index is 1090. The Hall–Kier alpha value is -2.84. The number of primary amides is 1. The van der Waals surface area contributed by atoms with E-state index in [0.29, 0.717) is 22.1 Å². The van der Waals surface area contributed by atoms with E-state index in [4.69, 9.17) is 25.9 Å². The molecule has 1 amide bonds. The number of carbonyl (C=O) groups is 1. The molecule has 0 bridgehead atoms. The van der Waals surface area contributed by atoms with Gasteiger partial charge in [-0.2, -0.15) is 0 Å². The first-order chi connectivity index (χ1) is 13.4. The summed E-state index contributed by atoms with van der Waals surface area (Å²) in [5.41, 5.74) is 16.4. The molecule has 8 heteroatoms. The highest BCUT2D eigenvalue weighted by atomic mass is 32.1. The summed E-state index contributed by atoms with van der Waals surface area (Å²) in [5.74, 6) is 0.749. The Kier molecular flexibility index (Phi) is 4.60. The number of nitrogens with zero attached hydrogens (tertiary/aromatic N) is 2. The van der Waals surface area contributed by atoms with Crippen LogP contribution in [0, 0.1) is 0 Å². The lowest BCUT2D eigenvalue weighted by atomic mass is 9.92. The molecule has 28 heavy (non-hydrogen) atoms. The smallest absolute Gasteiger partial charge is 0.260 e. The van der Waals surface area contributed by atoms with Crippen molar-refractivity contribution in [1.82, 2.24) is 9.88 Å². The molecular formula is C20H22N4O3S. The Balaban J connectivity index is 2.08. The monoisotopic (exact) mass is 398 g/mol. The average molecular weight is 398 g/mol. The number of nitrogens with two attached hydrogens (primary N) is 2. The highest BCUT2D eigenvalue weighted by molar-refractivity contribution is 7.21. The number of thiophene rings is 1. The topological polar surface area (TPSA) is 104 Å². The molecule has 0 aliphatic carbocycles. The van der Waals surface area contributed by atoms with Gasteiger partial charge >= 0.3 is 0 Å². The molecule has 4 rings (SSSR count). The van der Waals surface area contributed by atoms with Gasteiger partial charge < -0.3 is 25.8 Å². The van der Waals surface area contributed by atoms with Crippen molar-refractivity contribution in [2.24, 2.45) is 5.73 Å². The number of aromatic nitrogens is 1. The molecule has 1 aliphatic rings. The van der Waals surface area contributed by atoms with Gasteiger partial charge in [0.1, 0.15) is 9.71 Å². The van der Waals surface area contributed by atoms with Gasteiger partial charge in [0, 0.05) is 36.2 Å². The molecule has 3 aromatic rings. The number of hydrogen-bond donors (Lipinski definition) is 2. The number of ether oxygens (including phenoxy) is 2. The molecular weight excluding hydrogens is 376 g/mol. The third-order valence-corrected chi connectivity index (χ3v) is 6.23. The fraction of sp³-hybridized carbons (Fsp3) is 0.300. The van der Waals surface area contributed by atoms with Crippen molar-refractivity contribution in [3.8, 4) is 22.6 Å². The summed E-state index contributed by atoms with van der Waals surface area (Å²) >= 11 is 1.25. The van der Waals surface area contributed by atoms with E-state index in [1.165, 1.54) is 11.3 Å². The minimum absolute atomic E-state index is 0.347. The van der Waals surface area contributed by atoms with Gasteiger partial charge in [0.2, 0.25) is 0 Å². The van der Waals surface area contributed by atoms with Crippen molar-refractivity contribution in [2.75, 3.05) is 33.5 Å². The zero-order chi connectivity index (χ0) is 20.0. The van der Waals surface area contributed by atoms with Crippen LogP contribution in [0.15, 0.2) is 18.2 Å². The Morgan fingerprint density at radius 1 is 1.25 bits per heavy atom. The molecule has 0 spiro atoms. The maximum absolute atomic E-state index is 11.9. The quantitative estimate of drug-likeness (QED) is 0.700. The van der Waals surface area contributed by atoms with Crippen LogP contribution in [-0.2, 0) is 13.0 Å². The van der Waals surface area contributed by atoms with Gasteiger partial charge in [-0.25, -0.2) is 4.98 Å². The third kappa shape index (κ3) is 2.85. The van der Waals surface area contributed by atoms with E-state index in [1.807, 2.05) is 18.2 Å². The molecule has 4 N–H and O–H groups in total. The number of carbonyl (C=O) groups excluding carboxylic acids is 1. The van der Waals surface area contributed by atoms with Gasteiger partial charge in [0.15, 0.2) is 11.5 Å². The fourth-order valence-electron chi connectivity index (χ4n) is 3.75. The Labute approximate surface area is 166 Å². The summed E-state index contributed by atoms with van der Waals surface area (Å²) in [6, 6.07) is 5.78. The minimum atomic E-state index is -0.533. The fourth-order valence-corrected chi connectivity index (χ4v) is 4.73. The van der Waals surface area contributed by atoms with Crippen molar-refractivity contribution in [3.63, 3.8) is 0 Å². The number of hydrogen-bond acceptors (Lipinski definition) is 7. The van der Waals surface area contributed by atoms with Crippen LogP contribution >= 0.6 is 11.3 Å². The van der Waals surface area contributed by atoms with Crippen LogP contribution in [0.2, 0.25) is 0 Å². The van der Waals surface area contributed by atoms with Gasteiger partial charge in [-0.1, -0.05) is 6.07 Å². The zero-order valence-corrected chi connectivity index (χ0v) is 16.9. The first-order valence-corrected chi connectivity index (χ1v) is 9.70. The van der Waals surface area contributed by atoms with E-state index in [0.717, 1.165) is 52.1 Å².